The fourth-order valence-electron chi connectivity index (χ4n) is 2.05. The van der Waals surface area contributed by atoms with Crippen LogP contribution in [0.25, 0.3) is 0 Å². The van der Waals surface area contributed by atoms with E-state index in [1.807, 2.05) is 30.3 Å². The van der Waals surface area contributed by atoms with Crippen LogP contribution in [0, 0.1) is 10.1 Å². The molecule has 2 aromatic rings. The maximum absolute atomic E-state index is 11.9. The standard InChI is InChI=1S/C14H16N4O6S3/c15-27(23,24)17-26(21,22)12-6-7-13(14(10-12)18(19)20)16-8-9-25-11-4-2-1-3-5-11/h1-7,10,16-17H,8-9H2,(H2,15,23,24). The average molecular weight is 433 g/mol. The van der Waals surface area contributed by atoms with Gasteiger partial charge in [0.2, 0.25) is 0 Å². The minimum absolute atomic E-state index is 0.114. The lowest BCUT2D eigenvalue weighted by Crippen LogP contribution is -2.35. The van der Waals surface area contributed by atoms with E-state index in [0.717, 1.165) is 17.0 Å². The molecule has 0 atom stereocenters. The minimum Gasteiger partial charge on any atom is -0.379 e. The van der Waals surface area contributed by atoms with Crippen molar-refractivity contribution in [2.45, 2.75) is 9.79 Å². The zero-order valence-corrected chi connectivity index (χ0v) is 16.2. The predicted molar refractivity (Wildman–Crippen MR) is 102 cm³/mol. The van der Waals surface area contributed by atoms with E-state index in [1.165, 1.54) is 10.2 Å². The molecular formula is C14H16N4O6S3. The van der Waals surface area contributed by atoms with Crippen molar-refractivity contribution in [2.24, 2.45) is 5.14 Å². The SMILES string of the molecule is NS(=O)(=O)NS(=O)(=O)c1ccc(NCCSc2ccccc2)c([N+](=O)[O-])c1. The van der Waals surface area contributed by atoms with Crippen LogP contribution < -0.4 is 14.6 Å². The van der Waals surface area contributed by atoms with Gasteiger partial charge in [-0.3, -0.25) is 10.1 Å². The van der Waals surface area contributed by atoms with Crippen molar-refractivity contribution in [3.05, 3.63) is 58.6 Å². The van der Waals surface area contributed by atoms with Crippen LogP contribution in [0.3, 0.4) is 0 Å². The Morgan fingerprint density at radius 2 is 1.74 bits per heavy atom. The molecule has 27 heavy (non-hydrogen) atoms. The highest BCUT2D eigenvalue weighted by molar-refractivity contribution is 8.03. The van der Waals surface area contributed by atoms with Crippen molar-refractivity contribution < 1.29 is 21.8 Å². The molecule has 2 aromatic carbocycles. The Bertz CT molecular complexity index is 1030. The van der Waals surface area contributed by atoms with Crippen molar-refractivity contribution in [3.8, 4) is 0 Å². The summed E-state index contributed by atoms with van der Waals surface area (Å²) in [6, 6.07) is 12.6. The summed E-state index contributed by atoms with van der Waals surface area (Å²) in [6.07, 6.45) is 0. The van der Waals surface area contributed by atoms with Gasteiger partial charge in [-0.1, -0.05) is 22.3 Å². The van der Waals surface area contributed by atoms with E-state index in [-0.39, 0.29) is 5.69 Å². The number of rotatable bonds is 9. The molecule has 0 unspecified atom stereocenters. The number of sulfonamides is 1. The molecule has 0 radical (unpaired) electrons. The lowest BCUT2D eigenvalue weighted by Gasteiger charge is -2.09. The molecule has 10 nitrogen and oxygen atoms in total. The Balaban J connectivity index is 2.12. The van der Waals surface area contributed by atoms with Crippen molar-refractivity contribution in [1.29, 1.82) is 0 Å². The number of hydrogen-bond acceptors (Lipinski definition) is 8. The molecule has 0 spiro atoms. The molecule has 0 bridgehead atoms. The van der Waals surface area contributed by atoms with Crippen molar-refractivity contribution in [2.75, 3.05) is 17.6 Å². The van der Waals surface area contributed by atoms with Gasteiger partial charge < -0.3 is 5.32 Å². The summed E-state index contributed by atoms with van der Waals surface area (Å²) in [5.74, 6) is 0.619. The van der Waals surface area contributed by atoms with Gasteiger partial charge in [-0.05, 0) is 24.3 Å². The van der Waals surface area contributed by atoms with E-state index in [9.17, 15) is 26.9 Å². The van der Waals surface area contributed by atoms with Crippen LogP contribution >= 0.6 is 11.8 Å². The Morgan fingerprint density at radius 1 is 1.07 bits per heavy atom. The number of nitro groups is 1. The zero-order valence-electron chi connectivity index (χ0n) is 13.7. The van der Waals surface area contributed by atoms with Gasteiger partial charge in [-0.15, -0.1) is 11.8 Å². The quantitative estimate of drug-likeness (QED) is 0.231. The zero-order chi connectivity index (χ0) is 20.1. The molecule has 146 valence electrons. The second-order valence-electron chi connectivity index (χ2n) is 5.16. The lowest BCUT2D eigenvalue weighted by atomic mass is 10.2. The number of nitro benzene ring substituents is 1. The maximum Gasteiger partial charge on any atom is 0.293 e. The van der Waals surface area contributed by atoms with E-state index in [2.05, 4.69) is 10.5 Å². The predicted octanol–water partition coefficient (Wildman–Crippen LogP) is 1.28. The number of nitrogens with two attached hydrogens (primary N) is 1. The summed E-state index contributed by atoms with van der Waals surface area (Å²) in [5, 5.41) is 18.8. The molecular weight excluding hydrogens is 416 g/mol. The first-order valence-corrected chi connectivity index (χ1v) is 11.4. The van der Waals surface area contributed by atoms with Gasteiger partial charge in [0.1, 0.15) is 5.69 Å². The van der Waals surface area contributed by atoms with Gasteiger partial charge in [0, 0.05) is 23.3 Å². The van der Waals surface area contributed by atoms with Gasteiger partial charge >= 0.3 is 0 Å². The minimum atomic E-state index is -4.55. The first kappa shape index (κ1) is 21.1. The molecule has 0 fully saturated rings. The van der Waals surface area contributed by atoms with Gasteiger partial charge in [0.25, 0.3) is 25.9 Å². The van der Waals surface area contributed by atoms with Crippen LogP contribution in [0.1, 0.15) is 0 Å². The summed E-state index contributed by atoms with van der Waals surface area (Å²) in [7, 11) is -9.09. The van der Waals surface area contributed by atoms with Crippen LogP contribution in [-0.4, -0.2) is 34.1 Å². The molecule has 2 rings (SSSR count). The van der Waals surface area contributed by atoms with E-state index < -0.39 is 35.7 Å². The number of anilines is 1. The fraction of sp³-hybridized carbons (Fsp3) is 0.143. The Kier molecular flexibility index (Phi) is 6.78. The monoisotopic (exact) mass is 432 g/mol. The number of thioether (sulfide) groups is 1. The smallest absolute Gasteiger partial charge is 0.293 e. The van der Waals surface area contributed by atoms with Crippen molar-refractivity contribution >= 4 is 43.4 Å². The van der Waals surface area contributed by atoms with Crippen LogP contribution in [0.5, 0.6) is 0 Å². The van der Waals surface area contributed by atoms with E-state index in [0.29, 0.717) is 12.3 Å². The summed E-state index contributed by atoms with van der Waals surface area (Å²) in [6.45, 7) is 0.391. The number of hydrogen-bond donors (Lipinski definition) is 3. The molecule has 0 amide bonds. The van der Waals surface area contributed by atoms with E-state index >= 15 is 0 Å². The summed E-state index contributed by atoms with van der Waals surface area (Å²) in [4.78, 5) is 10.9. The molecule has 0 aliphatic carbocycles. The highest BCUT2D eigenvalue weighted by Gasteiger charge is 2.24. The second-order valence-corrected chi connectivity index (χ2v) is 9.56. The normalized spacial score (nSPS) is 11.9. The molecule has 0 aromatic heterocycles. The van der Waals surface area contributed by atoms with Crippen LogP contribution in [-0.2, 0) is 20.2 Å². The summed E-state index contributed by atoms with van der Waals surface area (Å²) in [5.41, 5.74) is -0.389. The molecule has 0 saturated heterocycles. The van der Waals surface area contributed by atoms with Gasteiger partial charge in [-0.2, -0.15) is 8.42 Å². The maximum atomic E-state index is 11.9. The van der Waals surface area contributed by atoms with Crippen LogP contribution in [0.4, 0.5) is 11.4 Å². The van der Waals surface area contributed by atoms with Gasteiger partial charge in [0.15, 0.2) is 0 Å². The first-order valence-electron chi connectivity index (χ1n) is 7.35. The van der Waals surface area contributed by atoms with Crippen molar-refractivity contribution in [1.82, 2.24) is 4.13 Å². The highest BCUT2D eigenvalue weighted by Crippen LogP contribution is 2.28. The third-order valence-electron chi connectivity index (χ3n) is 3.13. The molecule has 0 aliphatic rings. The van der Waals surface area contributed by atoms with Gasteiger partial charge in [-0.25, -0.2) is 13.6 Å². The third kappa shape index (κ3) is 6.48. The Morgan fingerprint density at radius 3 is 2.33 bits per heavy atom. The fourth-order valence-corrected chi connectivity index (χ4v) is 4.96. The molecule has 4 N–H and O–H groups in total. The molecule has 0 saturated carbocycles. The van der Waals surface area contributed by atoms with Crippen LogP contribution in [0.15, 0.2) is 58.3 Å². The van der Waals surface area contributed by atoms with E-state index in [4.69, 9.17) is 0 Å². The van der Waals surface area contributed by atoms with Crippen molar-refractivity contribution in [3.63, 3.8) is 0 Å². The Hall–Kier alpha value is -2.19. The molecule has 13 heteroatoms. The summed E-state index contributed by atoms with van der Waals surface area (Å²) >= 11 is 1.55. The second kappa shape index (κ2) is 8.67. The number of nitrogens with one attached hydrogen (secondary N) is 2. The highest BCUT2D eigenvalue weighted by atomic mass is 32.3. The lowest BCUT2D eigenvalue weighted by molar-refractivity contribution is -0.384. The van der Waals surface area contributed by atoms with Gasteiger partial charge in [0.05, 0.1) is 9.82 Å². The topological polar surface area (TPSA) is 162 Å². The molecule has 0 heterocycles. The number of nitrogens with zero attached hydrogens (tertiary/aromatic N) is 1. The third-order valence-corrected chi connectivity index (χ3v) is 6.83. The molecule has 0 aliphatic heterocycles. The average Bonchev–Trinajstić information content (AvgIpc) is 2.57. The largest absolute Gasteiger partial charge is 0.379 e. The first-order chi connectivity index (χ1) is 12.6. The van der Waals surface area contributed by atoms with Crippen LogP contribution in [0.2, 0.25) is 0 Å². The van der Waals surface area contributed by atoms with E-state index in [1.54, 1.807) is 11.8 Å². The summed E-state index contributed by atoms with van der Waals surface area (Å²) < 4.78 is 47.0. The Labute approximate surface area is 160 Å². The number of benzene rings is 2.